The zero-order valence-electron chi connectivity index (χ0n) is 10.2. The van der Waals surface area contributed by atoms with Gasteiger partial charge in [0.2, 0.25) is 0 Å². The Morgan fingerprint density at radius 1 is 1.29 bits per heavy atom. The molecule has 4 nitrogen and oxygen atoms in total. The lowest BCUT2D eigenvalue weighted by molar-refractivity contribution is 0.374. The van der Waals surface area contributed by atoms with Gasteiger partial charge in [-0.1, -0.05) is 37.2 Å². The Kier molecular flexibility index (Phi) is 3.04. The van der Waals surface area contributed by atoms with Gasteiger partial charge < -0.3 is 15.0 Å². The molecule has 0 aliphatic heterocycles. The van der Waals surface area contributed by atoms with Crippen molar-refractivity contribution in [3.05, 3.63) is 30.0 Å². The number of methoxy groups -OCH3 is 1. The van der Waals surface area contributed by atoms with Crippen molar-refractivity contribution < 1.29 is 9.26 Å². The predicted molar refractivity (Wildman–Crippen MR) is 67.0 cm³/mol. The number of ether oxygens (including phenoxy) is 1. The lowest BCUT2D eigenvalue weighted by Gasteiger charge is -2.09. The number of nitrogen functional groups attached to an aromatic ring is 1. The van der Waals surface area contributed by atoms with Crippen molar-refractivity contribution in [2.24, 2.45) is 0 Å². The van der Waals surface area contributed by atoms with Crippen molar-refractivity contribution in [1.82, 2.24) is 5.16 Å². The first-order chi connectivity index (χ1) is 8.15. The van der Waals surface area contributed by atoms with Gasteiger partial charge in [-0.05, 0) is 6.07 Å². The molecule has 0 fully saturated rings. The van der Waals surface area contributed by atoms with Crippen LogP contribution in [-0.4, -0.2) is 12.3 Å². The molecule has 0 saturated heterocycles. The minimum atomic E-state index is 0.222. The summed E-state index contributed by atoms with van der Waals surface area (Å²) in [4.78, 5) is 0. The van der Waals surface area contributed by atoms with Crippen LogP contribution in [0.3, 0.4) is 0 Å². The normalized spacial score (nSPS) is 10.8. The number of nitrogens with two attached hydrogens (primary N) is 1. The smallest absolute Gasteiger partial charge is 0.175 e. The Labute approximate surface area is 100 Å². The average Bonchev–Trinajstić information content (AvgIpc) is 2.71. The molecule has 1 aromatic heterocycles. The molecule has 2 aromatic rings. The molecule has 0 atom stereocenters. The minimum Gasteiger partial charge on any atom is -0.496 e. The molecule has 17 heavy (non-hydrogen) atoms. The van der Waals surface area contributed by atoms with Crippen LogP contribution in [0.25, 0.3) is 11.1 Å². The fourth-order valence-electron chi connectivity index (χ4n) is 1.83. The molecule has 4 heteroatoms. The van der Waals surface area contributed by atoms with Crippen LogP contribution in [0.4, 0.5) is 5.82 Å². The summed E-state index contributed by atoms with van der Waals surface area (Å²) in [6.07, 6.45) is 0. The van der Waals surface area contributed by atoms with E-state index in [1.807, 2.05) is 38.1 Å². The number of hydrogen-bond donors (Lipinski definition) is 1. The molecule has 0 spiro atoms. The molecule has 1 aromatic carbocycles. The standard InChI is InChI=1S/C13H16N2O2/c1-8(2)12-11(13(14)15-17-12)9-6-4-5-7-10(9)16-3/h4-8H,1-3H3,(H2,14,15). The van der Waals surface area contributed by atoms with Crippen molar-refractivity contribution in [1.29, 1.82) is 0 Å². The molecule has 0 saturated carbocycles. The third-order valence-electron chi connectivity index (χ3n) is 2.65. The van der Waals surface area contributed by atoms with Gasteiger partial charge in [0.25, 0.3) is 0 Å². The van der Waals surface area contributed by atoms with Gasteiger partial charge in [0.1, 0.15) is 11.5 Å². The van der Waals surface area contributed by atoms with Crippen LogP contribution in [0.1, 0.15) is 25.5 Å². The molecule has 0 bridgehead atoms. The second kappa shape index (κ2) is 4.49. The van der Waals surface area contributed by atoms with Crippen LogP contribution >= 0.6 is 0 Å². The first-order valence-corrected chi connectivity index (χ1v) is 5.53. The van der Waals surface area contributed by atoms with Gasteiger partial charge in [-0.25, -0.2) is 0 Å². The predicted octanol–water partition coefficient (Wildman–Crippen LogP) is 3.06. The summed E-state index contributed by atoms with van der Waals surface area (Å²) in [6, 6.07) is 7.70. The third kappa shape index (κ3) is 1.98. The second-order valence-electron chi connectivity index (χ2n) is 4.16. The number of nitrogens with zero attached hydrogens (tertiary/aromatic N) is 1. The molecular formula is C13H16N2O2. The Hall–Kier alpha value is -1.97. The quantitative estimate of drug-likeness (QED) is 0.883. The van der Waals surface area contributed by atoms with E-state index < -0.39 is 0 Å². The van der Waals surface area contributed by atoms with Crippen LogP contribution < -0.4 is 10.5 Å². The highest BCUT2D eigenvalue weighted by Gasteiger charge is 2.20. The maximum atomic E-state index is 5.87. The second-order valence-corrected chi connectivity index (χ2v) is 4.16. The van der Waals surface area contributed by atoms with E-state index in [1.165, 1.54) is 0 Å². The van der Waals surface area contributed by atoms with Crippen LogP contribution in [-0.2, 0) is 0 Å². The van der Waals surface area contributed by atoms with Crippen molar-refractivity contribution in [2.75, 3.05) is 12.8 Å². The van der Waals surface area contributed by atoms with Crippen molar-refractivity contribution in [2.45, 2.75) is 19.8 Å². The van der Waals surface area contributed by atoms with Gasteiger partial charge in [-0.15, -0.1) is 0 Å². The Morgan fingerprint density at radius 3 is 2.65 bits per heavy atom. The first-order valence-electron chi connectivity index (χ1n) is 5.53. The fourth-order valence-corrected chi connectivity index (χ4v) is 1.83. The Morgan fingerprint density at radius 2 is 2.00 bits per heavy atom. The van der Waals surface area contributed by atoms with E-state index >= 15 is 0 Å². The van der Waals surface area contributed by atoms with Gasteiger partial charge in [-0.3, -0.25) is 0 Å². The van der Waals surface area contributed by atoms with Gasteiger partial charge in [0.15, 0.2) is 5.82 Å². The molecule has 2 rings (SSSR count). The van der Waals surface area contributed by atoms with E-state index in [-0.39, 0.29) is 5.92 Å². The summed E-state index contributed by atoms with van der Waals surface area (Å²) < 4.78 is 10.6. The molecule has 1 heterocycles. The van der Waals surface area contributed by atoms with Crippen LogP contribution in [0, 0.1) is 0 Å². The van der Waals surface area contributed by atoms with E-state index in [1.54, 1.807) is 7.11 Å². The van der Waals surface area contributed by atoms with Crippen molar-refractivity contribution in [3.63, 3.8) is 0 Å². The van der Waals surface area contributed by atoms with Crippen molar-refractivity contribution >= 4 is 5.82 Å². The average molecular weight is 232 g/mol. The van der Waals surface area contributed by atoms with Gasteiger partial charge in [-0.2, -0.15) is 0 Å². The maximum absolute atomic E-state index is 5.87. The summed E-state index contributed by atoms with van der Waals surface area (Å²) in [5.74, 6) is 2.18. The van der Waals surface area contributed by atoms with E-state index in [0.717, 1.165) is 22.6 Å². The summed E-state index contributed by atoms with van der Waals surface area (Å²) in [5.41, 5.74) is 7.62. The Bertz CT molecular complexity index is 518. The number of anilines is 1. The molecule has 0 radical (unpaired) electrons. The molecule has 2 N–H and O–H groups in total. The molecule has 0 aliphatic carbocycles. The summed E-state index contributed by atoms with van der Waals surface area (Å²) in [5, 5.41) is 3.84. The summed E-state index contributed by atoms with van der Waals surface area (Å²) >= 11 is 0. The minimum absolute atomic E-state index is 0.222. The van der Waals surface area contributed by atoms with E-state index in [4.69, 9.17) is 15.0 Å². The summed E-state index contributed by atoms with van der Waals surface area (Å²) in [6.45, 7) is 4.08. The number of rotatable bonds is 3. The van der Waals surface area contributed by atoms with Crippen LogP contribution in [0.15, 0.2) is 28.8 Å². The third-order valence-corrected chi connectivity index (χ3v) is 2.65. The highest BCUT2D eigenvalue weighted by molar-refractivity contribution is 5.80. The number of hydrogen-bond acceptors (Lipinski definition) is 4. The molecule has 0 amide bonds. The molecule has 0 aliphatic rings. The molecule has 0 unspecified atom stereocenters. The zero-order chi connectivity index (χ0) is 12.4. The summed E-state index contributed by atoms with van der Waals surface area (Å²) in [7, 11) is 1.64. The SMILES string of the molecule is COc1ccccc1-c1c(N)noc1C(C)C. The van der Waals surface area contributed by atoms with Crippen LogP contribution in [0.5, 0.6) is 5.75 Å². The van der Waals surface area contributed by atoms with Gasteiger partial charge in [0.05, 0.1) is 12.7 Å². The number of para-hydroxylation sites is 1. The largest absolute Gasteiger partial charge is 0.496 e. The highest BCUT2D eigenvalue weighted by Crippen LogP contribution is 2.38. The highest BCUT2D eigenvalue weighted by atomic mass is 16.5. The zero-order valence-corrected chi connectivity index (χ0v) is 10.2. The fraction of sp³-hybridized carbons (Fsp3) is 0.308. The van der Waals surface area contributed by atoms with Crippen LogP contribution in [0.2, 0.25) is 0 Å². The Balaban J connectivity index is 2.63. The lowest BCUT2D eigenvalue weighted by atomic mass is 9.99. The topological polar surface area (TPSA) is 61.3 Å². The number of benzene rings is 1. The molecular weight excluding hydrogens is 216 g/mol. The van der Waals surface area contributed by atoms with E-state index in [0.29, 0.717) is 5.82 Å². The first kappa shape index (κ1) is 11.5. The number of aromatic nitrogens is 1. The van der Waals surface area contributed by atoms with E-state index in [2.05, 4.69) is 5.16 Å². The maximum Gasteiger partial charge on any atom is 0.175 e. The van der Waals surface area contributed by atoms with Gasteiger partial charge >= 0.3 is 0 Å². The lowest BCUT2D eigenvalue weighted by Crippen LogP contribution is -1.94. The van der Waals surface area contributed by atoms with Crippen molar-refractivity contribution in [3.8, 4) is 16.9 Å². The monoisotopic (exact) mass is 232 g/mol. The molecule has 90 valence electrons. The van der Waals surface area contributed by atoms with E-state index in [9.17, 15) is 0 Å². The van der Waals surface area contributed by atoms with Gasteiger partial charge in [0, 0.05) is 11.5 Å².